The SMILES string of the molecule is [B-][P@](=O)(OC[C@H]1O[C@@H](n2cc(C)c(=O)[nH]c2=O)C[C@@H]1N=[N+]=[N-])OP(=O)(O)C(F)P(=O)(O)O. The highest BCUT2D eigenvalue weighted by Crippen LogP contribution is 2.70. The Hall–Kier alpha value is -1.57. The van der Waals surface area contributed by atoms with Crippen LogP contribution in [-0.2, 0) is 27.3 Å². The second kappa shape index (κ2) is 9.74. The van der Waals surface area contributed by atoms with E-state index in [2.05, 4.69) is 18.9 Å². The number of nitrogens with zero attached hydrogens (tertiary/aromatic N) is 4. The van der Waals surface area contributed by atoms with Gasteiger partial charge in [0.2, 0.25) is 0 Å². The summed E-state index contributed by atoms with van der Waals surface area (Å²) in [6.45, 7) is 0.595. The van der Waals surface area contributed by atoms with Crippen LogP contribution in [-0.4, -0.2) is 56.2 Å². The summed E-state index contributed by atoms with van der Waals surface area (Å²) in [5.74, 6) is 0. The smallest absolute Gasteiger partial charge is 0.379 e. The molecule has 0 bridgehead atoms. The van der Waals surface area contributed by atoms with Crippen molar-refractivity contribution in [2.24, 2.45) is 5.11 Å². The van der Waals surface area contributed by atoms with Crippen LogP contribution < -0.4 is 11.2 Å². The van der Waals surface area contributed by atoms with E-state index in [0.717, 1.165) is 4.57 Å². The molecule has 177 valence electrons. The number of halogens is 1. The Bertz CT molecular complexity index is 1180. The molecule has 16 nitrogen and oxygen atoms in total. The standard InChI is InChI=1S/C11H16BFN5O11P3/c1-5-3-18(11(20)15-9(5)19)8-2-6(16-17-14)7(28-8)4-27-32(12,26)29-31(24,25)10(13)30(21,22)23/h3,6-8,10H,2,4H2,1H3,(H,24,25)(H,15,19,20)(H2,21,22,23)/q-1/t6-,7+,8+,10?,32-/m0/s1. The third-order valence-corrected chi connectivity index (χ3v) is 9.28. The topological polar surface area (TPSA) is 243 Å². The van der Waals surface area contributed by atoms with Gasteiger partial charge in [0.1, 0.15) is 6.23 Å². The molecule has 1 saturated heterocycles. The van der Waals surface area contributed by atoms with Gasteiger partial charge in [-0.25, -0.2) is 9.18 Å². The lowest BCUT2D eigenvalue weighted by molar-refractivity contribution is -0.0231. The molecule has 6 atom stereocenters. The fourth-order valence-electron chi connectivity index (χ4n) is 2.62. The molecule has 2 rings (SSSR count). The maximum Gasteiger partial charge on any atom is 0.379 e. The van der Waals surface area contributed by atoms with Crippen LogP contribution in [0.3, 0.4) is 0 Å². The highest BCUT2D eigenvalue weighted by molar-refractivity contribution is 7.85. The number of hydrogen-bond donors (Lipinski definition) is 4. The number of nitrogens with one attached hydrogen (secondary N) is 1. The van der Waals surface area contributed by atoms with Crippen LogP contribution in [0.2, 0.25) is 0 Å². The highest BCUT2D eigenvalue weighted by atomic mass is 31.3. The third kappa shape index (κ3) is 6.49. The minimum absolute atomic E-state index is 0.109. The first-order valence-corrected chi connectivity index (χ1v) is 13.3. The first-order chi connectivity index (χ1) is 14.6. The zero-order valence-corrected chi connectivity index (χ0v) is 18.7. The summed E-state index contributed by atoms with van der Waals surface area (Å²) < 4.78 is 63.1. The van der Waals surface area contributed by atoms with Gasteiger partial charge < -0.3 is 36.1 Å². The average molecular weight is 517 g/mol. The van der Waals surface area contributed by atoms with Gasteiger partial charge in [-0.05, 0) is 12.5 Å². The molecule has 0 saturated carbocycles. The van der Waals surface area contributed by atoms with Crippen molar-refractivity contribution >= 4 is 30.2 Å². The lowest BCUT2D eigenvalue weighted by Crippen LogP contribution is -2.33. The van der Waals surface area contributed by atoms with E-state index in [1.54, 1.807) is 0 Å². The molecule has 0 spiro atoms. The lowest BCUT2D eigenvalue weighted by Gasteiger charge is -2.31. The molecule has 0 aromatic carbocycles. The Morgan fingerprint density at radius 2 is 2.06 bits per heavy atom. The van der Waals surface area contributed by atoms with E-state index in [0.29, 0.717) is 0 Å². The molecule has 1 aliphatic rings. The van der Waals surface area contributed by atoms with Crippen LogP contribution in [0.1, 0.15) is 18.2 Å². The molecule has 21 heteroatoms. The molecule has 0 amide bonds. The Balaban J connectivity index is 2.16. The maximum absolute atomic E-state index is 13.5. The van der Waals surface area contributed by atoms with E-state index in [9.17, 15) is 32.6 Å². The minimum Gasteiger partial charge on any atom is -0.443 e. The molecular formula is C11H16BFN5O11P3-. The summed E-state index contributed by atoms with van der Waals surface area (Å²) in [4.78, 5) is 54.8. The van der Waals surface area contributed by atoms with Crippen molar-refractivity contribution in [3.05, 3.63) is 43.0 Å². The van der Waals surface area contributed by atoms with E-state index < -0.39 is 64.5 Å². The van der Waals surface area contributed by atoms with Gasteiger partial charge in [0, 0.05) is 23.1 Å². The van der Waals surface area contributed by atoms with Gasteiger partial charge in [-0.3, -0.25) is 27.8 Å². The molecule has 1 aromatic rings. The van der Waals surface area contributed by atoms with Crippen LogP contribution >= 0.6 is 22.7 Å². The van der Waals surface area contributed by atoms with Gasteiger partial charge in [0.15, 0.2) is 0 Å². The molecule has 2 unspecified atom stereocenters. The van der Waals surface area contributed by atoms with Crippen molar-refractivity contribution in [2.75, 3.05) is 6.61 Å². The Labute approximate surface area is 178 Å². The zero-order chi connectivity index (χ0) is 24.5. The second-order valence-electron chi connectivity index (χ2n) is 6.50. The summed E-state index contributed by atoms with van der Waals surface area (Å²) >= 11 is 0. The van der Waals surface area contributed by atoms with E-state index in [-0.39, 0.29) is 12.0 Å². The minimum atomic E-state index is -5.84. The number of aromatic nitrogens is 2. The molecule has 4 N–H and O–H groups in total. The van der Waals surface area contributed by atoms with Crippen LogP contribution in [0, 0.1) is 6.92 Å². The van der Waals surface area contributed by atoms with Crippen LogP contribution in [0.25, 0.3) is 10.4 Å². The lowest BCUT2D eigenvalue weighted by atomic mass is 10.1. The molecule has 3 radical (unpaired) electrons. The third-order valence-electron chi connectivity index (χ3n) is 4.06. The monoisotopic (exact) mass is 517 g/mol. The number of aryl methyl sites for hydroxylation is 1. The van der Waals surface area contributed by atoms with Gasteiger partial charge >= 0.3 is 20.9 Å². The predicted octanol–water partition coefficient (Wildman–Crippen LogP) is 0.737. The van der Waals surface area contributed by atoms with E-state index in [1.807, 2.05) is 4.98 Å². The van der Waals surface area contributed by atoms with Gasteiger partial charge in [0.05, 0.1) is 26.2 Å². The van der Waals surface area contributed by atoms with Crippen molar-refractivity contribution in [1.29, 1.82) is 0 Å². The highest BCUT2D eigenvalue weighted by Gasteiger charge is 2.47. The van der Waals surface area contributed by atoms with Crippen molar-refractivity contribution in [3.63, 3.8) is 0 Å². The molecule has 0 aliphatic carbocycles. The number of azide groups is 1. The fourth-order valence-corrected chi connectivity index (χ4v) is 6.68. The summed E-state index contributed by atoms with van der Waals surface area (Å²) in [5, 5.41) is 3.44. The zero-order valence-electron chi connectivity index (χ0n) is 16.0. The number of aromatic amines is 1. The van der Waals surface area contributed by atoms with Crippen LogP contribution in [0.4, 0.5) is 4.39 Å². The summed E-state index contributed by atoms with van der Waals surface area (Å²) in [5.41, 5.74) is 3.67. The molecule has 2 heterocycles. The molecule has 1 fully saturated rings. The first-order valence-electron chi connectivity index (χ1n) is 8.35. The van der Waals surface area contributed by atoms with Crippen molar-refractivity contribution < 1.29 is 46.3 Å². The number of alkyl halides is 1. The normalized spacial score (nSPS) is 26.0. The number of hydrogen-bond acceptors (Lipinski definition) is 9. The van der Waals surface area contributed by atoms with Crippen LogP contribution in [0.15, 0.2) is 20.9 Å². The largest absolute Gasteiger partial charge is 0.443 e. The van der Waals surface area contributed by atoms with E-state index in [1.165, 1.54) is 13.1 Å². The van der Waals surface area contributed by atoms with Gasteiger partial charge in [-0.1, -0.05) is 5.11 Å². The first kappa shape index (κ1) is 26.7. The molecule has 1 aromatic heterocycles. The van der Waals surface area contributed by atoms with E-state index >= 15 is 0 Å². The van der Waals surface area contributed by atoms with Crippen LogP contribution in [0.5, 0.6) is 0 Å². The fraction of sp³-hybridized carbons (Fsp3) is 0.636. The predicted molar refractivity (Wildman–Crippen MR) is 105 cm³/mol. The molecule has 1 aliphatic heterocycles. The quantitative estimate of drug-likeness (QED) is 0.117. The Morgan fingerprint density at radius 3 is 2.62 bits per heavy atom. The summed E-state index contributed by atoms with van der Waals surface area (Å²) in [6, 6.07) is -1.03. The van der Waals surface area contributed by atoms with E-state index in [4.69, 9.17) is 27.6 Å². The average Bonchev–Trinajstić information content (AvgIpc) is 3.04. The molecular weight excluding hydrogens is 501 g/mol. The van der Waals surface area contributed by atoms with Gasteiger partial charge in [-0.15, -0.1) is 0 Å². The summed E-state index contributed by atoms with van der Waals surface area (Å²) in [6.07, 6.45) is -1.24. The van der Waals surface area contributed by atoms with Crippen molar-refractivity contribution in [2.45, 2.75) is 37.4 Å². The molecule has 32 heavy (non-hydrogen) atoms. The van der Waals surface area contributed by atoms with Crippen molar-refractivity contribution in [1.82, 2.24) is 9.55 Å². The van der Waals surface area contributed by atoms with Gasteiger partial charge in [-0.2, -0.15) is 0 Å². The Kier molecular flexibility index (Phi) is 8.12. The number of rotatable bonds is 9. The summed E-state index contributed by atoms with van der Waals surface area (Å²) in [7, 11) is -11.6. The maximum atomic E-state index is 13.5. The number of ether oxygens (including phenoxy) is 1. The van der Waals surface area contributed by atoms with Gasteiger partial charge in [0.25, 0.3) is 11.2 Å². The Morgan fingerprint density at radius 1 is 1.44 bits per heavy atom. The van der Waals surface area contributed by atoms with Crippen molar-refractivity contribution in [3.8, 4) is 0 Å². The second-order valence-corrected chi connectivity index (χ2v) is 12.1. The number of H-pyrrole nitrogens is 1.